The summed E-state index contributed by atoms with van der Waals surface area (Å²) >= 11 is 0. The number of benzene rings is 2. The lowest BCUT2D eigenvalue weighted by Crippen LogP contribution is -2.14. The van der Waals surface area contributed by atoms with Gasteiger partial charge in [-0.1, -0.05) is 18.2 Å². The van der Waals surface area contributed by atoms with Crippen LogP contribution in [0.2, 0.25) is 0 Å². The Morgan fingerprint density at radius 1 is 1.00 bits per heavy atom. The lowest BCUT2D eigenvalue weighted by atomic mass is 10.0. The van der Waals surface area contributed by atoms with Crippen LogP contribution in [0.5, 0.6) is 0 Å². The number of hydrogen-bond acceptors (Lipinski definition) is 2. The fraction of sp³-hybridized carbons (Fsp3) is 0.0667. The Morgan fingerprint density at radius 2 is 1.68 bits per heavy atom. The molecule has 19 heavy (non-hydrogen) atoms. The predicted octanol–water partition coefficient (Wildman–Crippen LogP) is 2.08. The van der Waals surface area contributed by atoms with Crippen molar-refractivity contribution < 1.29 is 14.0 Å². The summed E-state index contributed by atoms with van der Waals surface area (Å²) in [6, 6.07) is 12.0. The topological polar surface area (TPSA) is 60.2 Å². The van der Waals surface area contributed by atoms with E-state index in [2.05, 4.69) is 0 Å². The summed E-state index contributed by atoms with van der Waals surface area (Å²) in [7, 11) is 0. The zero-order valence-electron chi connectivity index (χ0n) is 10.1. The molecule has 1 amide bonds. The third kappa shape index (κ3) is 3.25. The molecule has 0 unspecified atom stereocenters. The van der Waals surface area contributed by atoms with Gasteiger partial charge in [0.25, 0.3) is 0 Å². The summed E-state index contributed by atoms with van der Waals surface area (Å²) in [5.74, 6) is -1.06. The predicted molar refractivity (Wildman–Crippen MR) is 69.2 cm³/mol. The number of carbonyl (C=O) groups is 2. The Hall–Kier alpha value is -2.49. The zero-order valence-corrected chi connectivity index (χ0v) is 10.1. The van der Waals surface area contributed by atoms with Crippen LogP contribution in [0, 0.1) is 5.82 Å². The van der Waals surface area contributed by atoms with Crippen molar-refractivity contribution in [1.29, 1.82) is 0 Å². The van der Waals surface area contributed by atoms with Gasteiger partial charge in [-0.15, -0.1) is 0 Å². The molecule has 0 aliphatic carbocycles. The SMILES string of the molecule is NC(=O)Cc1cccc(C(=O)c2ccc(F)cc2)c1. The molecule has 0 fully saturated rings. The van der Waals surface area contributed by atoms with Crippen LogP contribution >= 0.6 is 0 Å². The highest BCUT2D eigenvalue weighted by Gasteiger charge is 2.10. The monoisotopic (exact) mass is 257 g/mol. The summed E-state index contributed by atoms with van der Waals surface area (Å²) < 4.78 is 12.8. The Bertz CT molecular complexity index is 620. The number of nitrogens with two attached hydrogens (primary N) is 1. The van der Waals surface area contributed by atoms with Crippen LogP contribution in [0.4, 0.5) is 4.39 Å². The van der Waals surface area contributed by atoms with E-state index in [1.54, 1.807) is 24.3 Å². The number of hydrogen-bond donors (Lipinski definition) is 1. The van der Waals surface area contributed by atoms with E-state index in [4.69, 9.17) is 5.73 Å². The van der Waals surface area contributed by atoms with Crippen LogP contribution < -0.4 is 5.73 Å². The zero-order chi connectivity index (χ0) is 13.8. The fourth-order valence-electron chi connectivity index (χ4n) is 1.79. The van der Waals surface area contributed by atoms with E-state index in [1.807, 2.05) is 0 Å². The maximum absolute atomic E-state index is 12.8. The van der Waals surface area contributed by atoms with Crippen molar-refractivity contribution >= 4 is 11.7 Å². The molecule has 0 aliphatic rings. The van der Waals surface area contributed by atoms with Gasteiger partial charge in [-0.05, 0) is 35.9 Å². The van der Waals surface area contributed by atoms with Gasteiger partial charge < -0.3 is 5.73 Å². The minimum atomic E-state index is -0.452. The molecule has 0 atom stereocenters. The van der Waals surface area contributed by atoms with E-state index in [0.717, 1.165) is 0 Å². The summed E-state index contributed by atoms with van der Waals surface area (Å²) in [6.07, 6.45) is 0.0878. The van der Waals surface area contributed by atoms with E-state index >= 15 is 0 Å². The van der Waals surface area contributed by atoms with Crippen LogP contribution in [0.1, 0.15) is 21.5 Å². The second-order valence-corrected chi connectivity index (χ2v) is 4.18. The number of ketones is 1. The molecule has 2 N–H and O–H groups in total. The van der Waals surface area contributed by atoms with Crippen LogP contribution in [0.15, 0.2) is 48.5 Å². The lowest BCUT2D eigenvalue weighted by Gasteiger charge is -2.04. The van der Waals surface area contributed by atoms with Gasteiger partial charge in [-0.3, -0.25) is 9.59 Å². The third-order valence-corrected chi connectivity index (χ3v) is 2.67. The van der Waals surface area contributed by atoms with Crippen LogP contribution in [0.25, 0.3) is 0 Å². The number of amides is 1. The molecule has 96 valence electrons. The molecule has 2 aromatic carbocycles. The van der Waals surface area contributed by atoms with Gasteiger partial charge in [-0.25, -0.2) is 4.39 Å². The van der Waals surface area contributed by atoms with E-state index in [0.29, 0.717) is 16.7 Å². The Labute approximate surface area is 109 Å². The average Bonchev–Trinajstić information content (AvgIpc) is 2.38. The van der Waals surface area contributed by atoms with Crippen molar-refractivity contribution in [3.63, 3.8) is 0 Å². The summed E-state index contributed by atoms with van der Waals surface area (Å²) in [5.41, 5.74) is 6.64. The first-order chi connectivity index (χ1) is 9.06. The largest absolute Gasteiger partial charge is 0.369 e. The van der Waals surface area contributed by atoms with E-state index in [9.17, 15) is 14.0 Å². The van der Waals surface area contributed by atoms with Crippen molar-refractivity contribution in [3.05, 3.63) is 71.0 Å². The quantitative estimate of drug-likeness (QED) is 0.852. The summed E-state index contributed by atoms with van der Waals surface area (Å²) in [6.45, 7) is 0. The Balaban J connectivity index is 2.28. The van der Waals surface area contributed by atoms with Crippen LogP contribution in [-0.4, -0.2) is 11.7 Å². The van der Waals surface area contributed by atoms with Gasteiger partial charge in [0.15, 0.2) is 5.78 Å². The molecule has 0 radical (unpaired) electrons. The minimum absolute atomic E-state index is 0.0878. The van der Waals surface area contributed by atoms with Crippen LogP contribution in [0.3, 0.4) is 0 Å². The van der Waals surface area contributed by atoms with Gasteiger partial charge in [0.05, 0.1) is 6.42 Å². The average molecular weight is 257 g/mol. The maximum atomic E-state index is 12.8. The lowest BCUT2D eigenvalue weighted by molar-refractivity contribution is -0.117. The molecule has 3 nitrogen and oxygen atoms in total. The first-order valence-corrected chi connectivity index (χ1v) is 5.74. The van der Waals surface area contributed by atoms with Crippen molar-refractivity contribution in [1.82, 2.24) is 0 Å². The molecule has 2 rings (SSSR count). The van der Waals surface area contributed by atoms with E-state index < -0.39 is 5.91 Å². The highest BCUT2D eigenvalue weighted by Crippen LogP contribution is 2.13. The van der Waals surface area contributed by atoms with E-state index in [1.165, 1.54) is 24.3 Å². The van der Waals surface area contributed by atoms with Crippen molar-refractivity contribution in [2.45, 2.75) is 6.42 Å². The van der Waals surface area contributed by atoms with Gasteiger partial charge in [-0.2, -0.15) is 0 Å². The first kappa shape index (κ1) is 13.0. The van der Waals surface area contributed by atoms with Crippen molar-refractivity contribution in [3.8, 4) is 0 Å². The molecular weight excluding hydrogens is 245 g/mol. The molecule has 0 spiro atoms. The summed E-state index contributed by atoms with van der Waals surface area (Å²) in [4.78, 5) is 23.0. The number of carbonyl (C=O) groups excluding carboxylic acids is 2. The highest BCUT2D eigenvalue weighted by atomic mass is 19.1. The second-order valence-electron chi connectivity index (χ2n) is 4.18. The molecule has 0 aromatic heterocycles. The van der Waals surface area contributed by atoms with Crippen molar-refractivity contribution in [2.24, 2.45) is 5.73 Å². The normalized spacial score (nSPS) is 10.2. The molecule has 0 bridgehead atoms. The molecule has 0 saturated heterocycles. The van der Waals surface area contributed by atoms with Gasteiger partial charge >= 0.3 is 0 Å². The third-order valence-electron chi connectivity index (χ3n) is 2.67. The second kappa shape index (κ2) is 5.44. The number of halogens is 1. The molecular formula is C15H12FNO2. The number of primary amides is 1. The fourth-order valence-corrected chi connectivity index (χ4v) is 1.79. The highest BCUT2D eigenvalue weighted by molar-refractivity contribution is 6.09. The Morgan fingerprint density at radius 3 is 2.32 bits per heavy atom. The first-order valence-electron chi connectivity index (χ1n) is 5.74. The van der Waals surface area contributed by atoms with Gasteiger partial charge in [0.2, 0.25) is 5.91 Å². The van der Waals surface area contributed by atoms with E-state index in [-0.39, 0.29) is 18.0 Å². The van der Waals surface area contributed by atoms with Crippen LogP contribution in [-0.2, 0) is 11.2 Å². The number of rotatable bonds is 4. The van der Waals surface area contributed by atoms with Gasteiger partial charge in [0, 0.05) is 11.1 Å². The summed E-state index contributed by atoms with van der Waals surface area (Å²) in [5, 5.41) is 0. The maximum Gasteiger partial charge on any atom is 0.221 e. The molecule has 4 heteroatoms. The molecule has 0 saturated carbocycles. The smallest absolute Gasteiger partial charge is 0.221 e. The standard InChI is InChI=1S/C15H12FNO2/c16-13-6-4-11(5-7-13)15(19)12-3-1-2-10(8-12)9-14(17)18/h1-8H,9H2,(H2,17,18). The minimum Gasteiger partial charge on any atom is -0.369 e. The molecule has 2 aromatic rings. The van der Waals surface area contributed by atoms with Crippen molar-refractivity contribution in [2.75, 3.05) is 0 Å². The Kier molecular flexibility index (Phi) is 3.71. The van der Waals surface area contributed by atoms with Gasteiger partial charge in [0.1, 0.15) is 5.82 Å². The molecule has 0 aliphatic heterocycles. The molecule has 0 heterocycles.